The van der Waals surface area contributed by atoms with Crippen molar-refractivity contribution in [2.45, 2.75) is 58.3 Å². The van der Waals surface area contributed by atoms with E-state index in [4.69, 9.17) is 0 Å². The van der Waals surface area contributed by atoms with Gasteiger partial charge in [-0.3, -0.25) is 4.90 Å². The summed E-state index contributed by atoms with van der Waals surface area (Å²) in [6, 6.07) is 0.149. The molecule has 4 unspecified atom stereocenters. The summed E-state index contributed by atoms with van der Waals surface area (Å²) in [5.74, 6) is 0.880. The molecule has 0 bridgehead atoms. The molecule has 1 saturated carbocycles. The first kappa shape index (κ1) is 16.8. The molecule has 19 heavy (non-hydrogen) atoms. The summed E-state index contributed by atoms with van der Waals surface area (Å²) in [6.45, 7) is 6.41. The zero-order chi connectivity index (χ0) is 14.6. The highest BCUT2D eigenvalue weighted by Gasteiger charge is 2.40. The fraction of sp³-hybridized carbons (Fsp3) is 1.00. The first-order valence-electron chi connectivity index (χ1n) is 7.25. The number of rotatable bonds is 5. The summed E-state index contributed by atoms with van der Waals surface area (Å²) < 4.78 is 37.7. The monoisotopic (exact) mass is 280 g/mol. The molecule has 1 aliphatic rings. The molecule has 0 spiro atoms. The minimum atomic E-state index is -4.12. The molecule has 1 N–H and O–H groups in total. The second kappa shape index (κ2) is 6.93. The van der Waals surface area contributed by atoms with Crippen molar-refractivity contribution in [1.82, 2.24) is 10.2 Å². The van der Waals surface area contributed by atoms with Gasteiger partial charge in [0.15, 0.2) is 0 Å². The molecule has 1 rings (SSSR count). The smallest absolute Gasteiger partial charge is 0.312 e. The maximum atomic E-state index is 12.6. The largest absolute Gasteiger partial charge is 0.401 e. The van der Waals surface area contributed by atoms with Crippen LogP contribution in [0.1, 0.15) is 40.0 Å². The maximum absolute atomic E-state index is 12.6. The van der Waals surface area contributed by atoms with E-state index in [0.29, 0.717) is 11.8 Å². The number of likely N-dealkylation sites (N-methyl/N-ethyl adjacent to an activating group) is 1. The van der Waals surface area contributed by atoms with Crippen molar-refractivity contribution < 1.29 is 13.2 Å². The zero-order valence-corrected chi connectivity index (χ0v) is 12.4. The summed E-state index contributed by atoms with van der Waals surface area (Å²) >= 11 is 0. The van der Waals surface area contributed by atoms with E-state index in [9.17, 15) is 13.2 Å². The summed E-state index contributed by atoms with van der Waals surface area (Å²) in [6.07, 6.45) is -1.13. The van der Waals surface area contributed by atoms with E-state index in [1.165, 1.54) is 4.90 Å². The Hall–Kier alpha value is -0.290. The maximum Gasteiger partial charge on any atom is 0.401 e. The summed E-state index contributed by atoms with van der Waals surface area (Å²) in [7, 11) is 1.60. The Morgan fingerprint density at radius 2 is 1.84 bits per heavy atom. The first-order valence-corrected chi connectivity index (χ1v) is 7.25. The van der Waals surface area contributed by atoms with Gasteiger partial charge in [-0.1, -0.05) is 20.8 Å². The third-order valence-corrected chi connectivity index (χ3v) is 4.02. The van der Waals surface area contributed by atoms with E-state index in [-0.39, 0.29) is 12.1 Å². The predicted molar refractivity (Wildman–Crippen MR) is 72.1 cm³/mol. The van der Waals surface area contributed by atoms with Crippen molar-refractivity contribution in [3.63, 3.8) is 0 Å². The van der Waals surface area contributed by atoms with Crippen LogP contribution < -0.4 is 5.32 Å². The van der Waals surface area contributed by atoms with E-state index in [0.717, 1.165) is 25.8 Å². The summed E-state index contributed by atoms with van der Waals surface area (Å²) in [4.78, 5) is 1.49. The second-order valence-corrected chi connectivity index (χ2v) is 6.14. The number of hydrogen-bond acceptors (Lipinski definition) is 2. The molecule has 0 aromatic carbocycles. The van der Waals surface area contributed by atoms with Crippen LogP contribution in [0.25, 0.3) is 0 Å². The molecule has 4 atom stereocenters. The number of hydrogen-bond donors (Lipinski definition) is 1. The van der Waals surface area contributed by atoms with Gasteiger partial charge < -0.3 is 5.32 Å². The molecule has 1 aliphatic carbocycles. The lowest BCUT2D eigenvalue weighted by Gasteiger charge is -2.45. The van der Waals surface area contributed by atoms with Crippen LogP contribution in [0.2, 0.25) is 0 Å². The van der Waals surface area contributed by atoms with E-state index in [1.807, 2.05) is 0 Å². The van der Waals surface area contributed by atoms with Gasteiger partial charge in [0.2, 0.25) is 0 Å². The standard InChI is InChI=1S/C14H27F3N2/c1-5-6-18-12-8-10(2)7-11(3)13(12)19(4)9-14(15,16)17/h10-13,18H,5-9H2,1-4H3. The molecule has 0 heterocycles. The Kier molecular flexibility index (Phi) is 6.12. The number of nitrogens with one attached hydrogen (secondary N) is 1. The van der Waals surface area contributed by atoms with Crippen LogP contribution in [0.3, 0.4) is 0 Å². The van der Waals surface area contributed by atoms with Crippen LogP contribution in [-0.2, 0) is 0 Å². The van der Waals surface area contributed by atoms with E-state index >= 15 is 0 Å². The molecule has 0 aliphatic heterocycles. The molecule has 114 valence electrons. The lowest BCUT2D eigenvalue weighted by molar-refractivity contribution is -0.152. The molecule has 0 saturated heterocycles. The Balaban J connectivity index is 2.72. The Labute approximate surface area is 114 Å². The molecule has 1 fully saturated rings. The van der Waals surface area contributed by atoms with Gasteiger partial charge in [0.05, 0.1) is 6.54 Å². The van der Waals surface area contributed by atoms with Crippen LogP contribution in [0.5, 0.6) is 0 Å². The van der Waals surface area contributed by atoms with Crippen LogP contribution in [-0.4, -0.2) is 43.3 Å². The molecular weight excluding hydrogens is 253 g/mol. The van der Waals surface area contributed by atoms with Crippen LogP contribution in [0.4, 0.5) is 13.2 Å². The van der Waals surface area contributed by atoms with Gasteiger partial charge in [0.25, 0.3) is 0 Å². The minimum absolute atomic E-state index is 0.0237. The molecule has 2 nitrogen and oxygen atoms in total. The minimum Gasteiger partial charge on any atom is -0.312 e. The van der Waals surface area contributed by atoms with Gasteiger partial charge in [-0.15, -0.1) is 0 Å². The third kappa shape index (κ3) is 5.30. The first-order chi connectivity index (χ1) is 8.74. The topological polar surface area (TPSA) is 15.3 Å². The van der Waals surface area contributed by atoms with Gasteiger partial charge >= 0.3 is 6.18 Å². The molecule has 0 amide bonds. The molecule has 0 radical (unpaired) electrons. The highest BCUT2D eigenvalue weighted by Crippen LogP contribution is 2.33. The molecular formula is C14H27F3N2. The predicted octanol–water partition coefficient (Wildman–Crippen LogP) is 3.28. The summed E-state index contributed by atoms with van der Waals surface area (Å²) in [5.41, 5.74) is 0. The van der Waals surface area contributed by atoms with Crippen LogP contribution in [0.15, 0.2) is 0 Å². The lowest BCUT2D eigenvalue weighted by Crippen LogP contribution is -2.57. The molecule has 0 aromatic heterocycles. The Morgan fingerprint density at radius 1 is 1.21 bits per heavy atom. The SMILES string of the molecule is CCCNC1CC(C)CC(C)C1N(C)CC(F)(F)F. The Morgan fingerprint density at radius 3 is 2.37 bits per heavy atom. The van der Waals surface area contributed by atoms with Crippen molar-refractivity contribution in [2.75, 3.05) is 20.1 Å². The third-order valence-electron chi connectivity index (χ3n) is 4.02. The fourth-order valence-corrected chi connectivity index (χ4v) is 3.50. The molecule has 5 heteroatoms. The number of nitrogens with zero attached hydrogens (tertiary/aromatic N) is 1. The van der Waals surface area contributed by atoms with Crippen molar-refractivity contribution in [2.24, 2.45) is 11.8 Å². The van der Waals surface area contributed by atoms with Crippen molar-refractivity contribution in [3.05, 3.63) is 0 Å². The van der Waals surface area contributed by atoms with Gasteiger partial charge in [-0.2, -0.15) is 13.2 Å². The summed E-state index contributed by atoms with van der Waals surface area (Å²) in [5, 5.41) is 3.44. The van der Waals surface area contributed by atoms with Gasteiger partial charge in [0.1, 0.15) is 0 Å². The molecule has 0 aromatic rings. The van der Waals surface area contributed by atoms with Crippen molar-refractivity contribution >= 4 is 0 Å². The van der Waals surface area contributed by atoms with Crippen LogP contribution in [0, 0.1) is 11.8 Å². The average Bonchev–Trinajstić information content (AvgIpc) is 2.22. The number of alkyl halides is 3. The average molecular weight is 280 g/mol. The van der Waals surface area contributed by atoms with Crippen molar-refractivity contribution in [1.29, 1.82) is 0 Å². The lowest BCUT2D eigenvalue weighted by atomic mass is 9.76. The number of halogens is 3. The zero-order valence-electron chi connectivity index (χ0n) is 12.4. The van der Waals surface area contributed by atoms with Gasteiger partial charge in [0, 0.05) is 12.1 Å². The van der Waals surface area contributed by atoms with Gasteiger partial charge in [-0.05, 0) is 44.7 Å². The quantitative estimate of drug-likeness (QED) is 0.831. The van der Waals surface area contributed by atoms with Gasteiger partial charge in [-0.25, -0.2) is 0 Å². The Bertz CT molecular complexity index is 268. The van der Waals surface area contributed by atoms with E-state index < -0.39 is 12.7 Å². The van der Waals surface area contributed by atoms with Crippen LogP contribution >= 0.6 is 0 Å². The highest BCUT2D eigenvalue weighted by atomic mass is 19.4. The highest BCUT2D eigenvalue weighted by molar-refractivity contribution is 4.93. The normalized spacial score (nSPS) is 32.8. The van der Waals surface area contributed by atoms with E-state index in [1.54, 1.807) is 7.05 Å². The van der Waals surface area contributed by atoms with Crippen molar-refractivity contribution in [3.8, 4) is 0 Å². The fourth-order valence-electron chi connectivity index (χ4n) is 3.50. The van der Waals surface area contributed by atoms with E-state index in [2.05, 4.69) is 26.1 Å². The second-order valence-electron chi connectivity index (χ2n) is 6.14.